The van der Waals surface area contributed by atoms with Gasteiger partial charge in [-0.2, -0.15) is 13.2 Å². The summed E-state index contributed by atoms with van der Waals surface area (Å²) in [6.07, 6.45) is -4.72. The van der Waals surface area contributed by atoms with Crippen LogP contribution >= 0.6 is 15.9 Å². The number of amides is 1. The summed E-state index contributed by atoms with van der Waals surface area (Å²) in [6, 6.07) is 4.03. The number of halogens is 5. The maximum Gasteiger partial charge on any atom is 0.471 e. The molecule has 0 N–H and O–H groups in total. The molecule has 0 atom stereocenters. The Balaban J connectivity index is 0.00000139. The molecule has 0 radical (unpaired) electrons. The third-order valence-corrected chi connectivity index (χ3v) is 4.09. The number of piperidine rings is 1. The molecule has 0 unspecified atom stereocenters. The van der Waals surface area contributed by atoms with E-state index >= 15 is 0 Å². The maximum atomic E-state index is 13.8. The quantitative estimate of drug-likeness (QED) is 0.424. The van der Waals surface area contributed by atoms with Crippen molar-refractivity contribution in [3.05, 3.63) is 34.1 Å². The van der Waals surface area contributed by atoms with Crippen LogP contribution in [0.3, 0.4) is 0 Å². The highest BCUT2D eigenvalue weighted by atomic mass is 79.9. The molecule has 0 spiro atoms. The Bertz CT molecular complexity index is 641. The molecule has 1 aliphatic rings. The van der Waals surface area contributed by atoms with Gasteiger partial charge in [-0.25, -0.2) is 4.39 Å². The lowest BCUT2D eigenvalue weighted by molar-refractivity contribution is -0.186. The van der Waals surface area contributed by atoms with Gasteiger partial charge in [-0.05, 0) is 31.0 Å². The van der Waals surface area contributed by atoms with Gasteiger partial charge in [0.2, 0.25) is 0 Å². The van der Waals surface area contributed by atoms with Gasteiger partial charge in [-0.1, -0.05) is 15.9 Å². The van der Waals surface area contributed by atoms with E-state index in [1.54, 1.807) is 0 Å². The number of likely N-dealkylation sites (tertiary alicyclic amines) is 1. The van der Waals surface area contributed by atoms with Crippen LogP contribution in [0.15, 0.2) is 22.7 Å². The fraction of sp³-hybridized carbons (Fsp3) is 0.429. The fourth-order valence-corrected chi connectivity index (χ4v) is 2.77. The first kappa shape index (κ1) is 20.0. The van der Waals surface area contributed by atoms with Gasteiger partial charge >= 0.3 is 12.1 Å². The highest BCUT2D eigenvalue weighted by Crippen LogP contribution is 2.27. The Morgan fingerprint density at radius 1 is 1.17 bits per heavy atom. The van der Waals surface area contributed by atoms with E-state index in [0.717, 1.165) is 6.07 Å². The van der Waals surface area contributed by atoms with E-state index in [-0.39, 0.29) is 31.5 Å². The molecule has 1 aromatic rings. The fourth-order valence-electron chi connectivity index (χ4n) is 2.43. The zero-order chi connectivity index (χ0) is 18.5. The third-order valence-electron chi connectivity index (χ3n) is 3.59. The number of ketones is 1. The van der Waals surface area contributed by atoms with Crippen LogP contribution < -0.4 is 0 Å². The number of rotatable bonds is 2. The monoisotopic (exact) mass is 409 g/mol. The molecule has 1 amide bonds. The van der Waals surface area contributed by atoms with Crippen molar-refractivity contribution in [3.8, 4) is 0 Å². The molecular formula is C14H12BrF4N3O2. The zero-order valence-corrected chi connectivity index (χ0v) is 13.8. The lowest BCUT2D eigenvalue weighted by Crippen LogP contribution is -2.46. The number of carbonyl (C=O) groups excluding carboxylic acids is 2. The van der Waals surface area contributed by atoms with Gasteiger partial charge in [0.1, 0.15) is 5.82 Å². The number of alkyl halides is 3. The molecule has 1 saturated heterocycles. The van der Waals surface area contributed by atoms with Gasteiger partial charge in [0.25, 0.3) is 0 Å². The zero-order valence-electron chi connectivity index (χ0n) is 12.2. The Labute approximate surface area is 143 Å². The number of Topliss-reactive ketones (excluding diaryl/α,β-unsaturated/α-hetero) is 1. The standard InChI is InChI=1S/C14H12BrF4NO2.N2/c15-9-1-2-10(11(16)7-9)12(21)8-3-5-20(6-4-8)13(22)14(17,18)19;1-2/h1-2,7-8H,3-6H2;. The van der Waals surface area contributed by atoms with Gasteiger partial charge in [0.15, 0.2) is 5.78 Å². The second-order valence-corrected chi connectivity index (χ2v) is 5.97. The molecule has 0 saturated carbocycles. The van der Waals surface area contributed by atoms with Crippen molar-refractivity contribution in [2.24, 2.45) is 5.92 Å². The summed E-state index contributed by atoms with van der Waals surface area (Å²) in [5.74, 6) is -3.58. The first-order valence-corrected chi connectivity index (χ1v) is 7.55. The molecule has 1 fully saturated rings. The molecular weight excluding hydrogens is 398 g/mol. The topological polar surface area (TPSA) is 85.0 Å². The van der Waals surface area contributed by atoms with Crippen molar-refractivity contribution in [1.29, 1.82) is 10.8 Å². The summed E-state index contributed by atoms with van der Waals surface area (Å²) in [7, 11) is 0. The van der Waals surface area contributed by atoms with Gasteiger partial charge in [0, 0.05) is 34.3 Å². The molecule has 0 aromatic heterocycles. The van der Waals surface area contributed by atoms with E-state index in [2.05, 4.69) is 15.9 Å². The minimum absolute atomic E-state index is 0.0798. The van der Waals surface area contributed by atoms with Crippen LogP contribution in [0.2, 0.25) is 0 Å². The molecule has 10 heteroatoms. The Hall–Kier alpha value is -2.02. The van der Waals surface area contributed by atoms with Crippen LogP contribution in [-0.2, 0) is 4.79 Å². The molecule has 1 aromatic carbocycles. The third kappa shape index (κ3) is 4.74. The van der Waals surface area contributed by atoms with E-state index in [4.69, 9.17) is 10.8 Å². The summed E-state index contributed by atoms with van der Waals surface area (Å²) in [5, 5.41) is 12.0. The van der Waals surface area contributed by atoms with Crippen molar-refractivity contribution < 1.29 is 27.2 Å². The average Bonchev–Trinajstić information content (AvgIpc) is 2.55. The second-order valence-electron chi connectivity index (χ2n) is 5.05. The normalized spacial score (nSPS) is 15.4. The van der Waals surface area contributed by atoms with E-state index < -0.39 is 29.6 Å². The van der Waals surface area contributed by atoms with Crippen molar-refractivity contribution in [2.45, 2.75) is 19.0 Å². The van der Waals surface area contributed by atoms with E-state index in [9.17, 15) is 27.2 Å². The predicted octanol–water partition coefficient (Wildman–Crippen LogP) is 3.60. The lowest BCUT2D eigenvalue weighted by atomic mass is 9.88. The van der Waals surface area contributed by atoms with Crippen LogP contribution in [0.1, 0.15) is 23.2 Å². The van der Waals surface area contributed by atoms with Crippen molar-refractivity contribution >= 4 is 27.6 Å². The Morgan fingerprint density at radius 3 is 2.17 bits per heavy atom. The minimum atomic E-state index is -4.91. The van der Waals surface area contributed by atoms with Gasteiger partial charge < -0.3 is 4.90 Å². The molecule has 2 rings (SSSR count). The Morgan fingerprint density at radius 2 is 1.71 bits per heavy atom. The largest absolute Gasteiger partial charge is 0.471 e. The van der Waals surface area contributed by atoms with E-state index in [1.165, 1.54) is 12.1 Å². The summed E-state index contributed by atoms with van der Waals surface area (Å²) >= 11 is 3.08. The SMILES string of the molecule is N#N.O=C(c1ccc(Br)cc1F)C1CCN(C(=O)C(F)(F)F)CC1. The van der Waals surface area contributed by atoms with Gasteiger partial charge in [-0.15, -0.1) is 0 Å². The van der Waals surface area contributed by atoms with Gasteiger partial charge in [0.05, 0.1) is 5.56 Å². The van der Waals surface area contributed by atoms with Crippen LogP contribution in [0.25, 0.3) is 0 Å². The summed E-state index contributed by atoms with van der Waals surface area (Å²) < 4.78 is 51.2. The number of hydrogen-bond acceptors (Lipinski definition) is 4. The predicted molar refractivity (Wildman–Crippen MR) is 77.2 cm³/mol. The number of carbonyl (C=O) groups is 2. The highest BCUT2D eigenvalue weighted by Gasteiger charge is 2.43. The molecule has 5 nitrogen and oxygen atoms in total. The minimum Gasteiger partial charge on any atom is -0.335 e. The van der Waals surface area contributed by atoms with Crippen LogP contribution in [-0.4, -0.2) is 35.9 Å². The first-order chi connectivity index (χ1) is 11.2. The molecule has 1 aliphatic heterocycles. The van der Waals surface area contributed by atoms with Gasteiger partial charge in [-0.3, -0.25) is 9.59 Å². The van der Waals surface area contributed by atoms with Crippen LogP contribution in [0, 0.1) is 22.5 Å². The average molecular weight is 410 g/mol. The molecule has 0 aliphatic carbocycles. The highest BCUT2D eigenvalue weighted by molar-refractivity contribution is 9.10. The van der Waals surface area contributed by atoms with Crippen molar-refractivity contribution in [2.75, 3.05) is 13.1 Å². The van der Waals surface area contributed by atoms with Crippen LogP contribution in [0.4, 0.5) is 17.6 Å². The summed E-state index contributed by atoms with van der Waals surface area (Å²) in [5.41, 5.74) is -0.0798. The van der Waals surface area contributed by atoms with E-state index in [0.29, 0.717) is 9.37 Å². The molecule has 24 heavy (non-hydrogen) atoms. The molecule has 0 bridgehead atoms. The van der Waals surface area contributed by atoms with Crippen LogP contribution in [0.5, 0.6) is 0 Å². The number of nitrogens with zero attached hydrogens (tertiary/aromatic N) is 3. The van der Waals surface area contributed by atoms with Crippen molar-refractivity contribution in [3.63, 3.8) is 0 Å². The number of benzene rings is 1. The maximum absolute atomic E-state index is 13.8. The summed E-state index contributed by atoms with van der Waals surface area (Å²) in [6.45, 7) is -0.320. The number of hydrogen-bond donors (Lipinski definition) is 0. The molecule has 130 valence electrons. The Kier molecular flexibility index (Phi) is 6.83. The molecule has 1 heterocycles. The second kappa shape index (κ2) is 8.19. The lowest BCUT2D eigenvalue weighted by Gasteiger charge is -2.31. The smallest absolute Gasteiger partial charge is 0.335 e. The summed E-state index contributed by atoms with van der Waals surface area (Å²) in [4.78, 5) is 24.0. The van der Waals surface area contributed by atoms with Crippen molar-refractivity contribution in [1.82, 2.24) is 4.90 Å². The first-order valence-electron chi connectivity index (χ1n) is 6.75. The van der Waals surface area contributed by atoms with E-state index in [1.807, 2.05) is 0 Å².